The molecule has 0 saturated carbocycles. The molecular formula is C28H15NO3. The molecule has 0 spiro atoms. The van der Waals surface area contributed by atoms with Gasteiger partial charge in [-0.1, -0.05) is 54.6 Å². The van der Waals surface area contributed by atoms with Crippen molar-refractivity contribution in [2.45, 2.75) is 0 Å². The topological polar surface area (TPSA) is 44.4 Å². The number of fused-ring (bicyclic) bond motifs is 10. The van der Waals surface area contributed by atoms with Gasteiger partial charge in [0.05, 0.1) is 16.3 Å². The van der Waals surface area contributed by atoms with E-state index in [-0.39, 0.29) is 0 Å². The second kappa shape index (κ2) is 5.62. The molecule has 4 heteroatoms. The Morgan fingerprint density at radius 1 is 0.500 bits per heavy atom. The first kappa shape index (κ1) is 16.3. The highest BCUT2D eigenvalue weighted by atomic mass is 16.5. The Morgan fingerprint density at radius 2 is 1.19 bits per heavy atom. The van der Waals surface area contributed by atoms with Crippen molar-refractivity contribution in [2.75, 3.05) is 0 Å². The molecule has 0 N–H and O–H groups in total. The van der Waals surface area contributed by atoms with Gasteiger partial charge in [-0.15, -0.1) is 0 Å². The lowest BCUT2D eigenvalue weighted by Gasteiger charge is -2.06. The van der Waals surface area contributed by atoms with Gasteiger partial charge in [0.1, 0.15) is 16.7 Å². The molecule has 0 atom stereocenters. The Bertz CT molecular complexity index is 1990. The summed E-state index contributed by atoms with van der Waals surface area (Å²) in [6.07, 6.45) is 0. The van der Waals surface area contributed by atoms with Crippen molar-refractivity contribution in [1.29, 1.82) is 0 Å². The van der Waals surface area contributed by atoms with E-state index in [4.69, 9.17) is 13.3 Å². The standard InChI is InChI=1S/C28H15NO3/c1-4-10-21-18(8-1)25-26-19-9-3-6-12-23(19)31-28(26)32-27(25)29(21)16-13-14-24-20(15-16)17-7-2-5-11-22(17)30-24/h1-15H. The Kier molecular flexibility index (Phi) is 2.86. The minimum Gasteiger partial charge on any atom is -0.456 e. The largest absolute Gasteiger partial charge is 0.456 e. The third kappa shape index (κ3) is 1.92. The van der Waals surface area contributed by atoms with Crippen molar-refractivity contribution in [3.8, 4) is 5.69 Å². The second-order valence-electron chi connectivity index (χ2n) is 8.17. The minimum atomic E-state index is 0.561. The summed E-state index contributed by atoms with van der Waals surface area (Å²) in [7, 11) is 0. The number of aromatic nitrogens is 1. The molecule has 0 radical (unpaired) electrons. The molecule has 0 saturated heterocycles. The number of hydrogen-bond donors (Lipinski definition) is 0. The summed E-state index contributed by atoms with van der Waals surface area (Å²) in [4.78, 5) is 0. The van der Waals surface area contributed by atoms with E-state index in [2.05, 4.69) is 53.1 Å². The summed E-state index contributed by atoms with van der Waals surface area (Å²) >= 11 is 0. The molecule has 0 bridgehead atoms. The molecule has 4 aromatic heterocycles. The van der Waals surface area contributed by atoms with Crippen LogP contribution in [0.15, 0.2) is 104 Å². The fourth-order valence-corrected chi connectivity index (χ4v) is 5.08. The van der Waals surface area contributed by atoms with Gasteiger partial charge in [-0.2, -0.15) is 0 Å². The maximum atomic E-state index is 6.36. The van der Waals surface area contributed by atoms with E-state index in [0.29, 0.717) is 5.78 Å². The van der Waals surface area contributed by atoms with Gasteiger partial charge in [0, 0.05) is 27.2 Å². The third-order valence-corrected chi connectivity index (χ3v) is 6.45. The molecule has 4 aromatic carbocycles. The quantitative estimate of drug-likeness (QED) is 0.272. The van der Waals surface area contributed by atoms with E-state index in [9.17, 15) is 0 Å². The van der Waals surface area contributed by atoms with Crippen LogP contribution in [0.1, 0.15) is 0 Å². The van der Waals surface area contributed by atoms with Crippen LogP contribution < -0.4 is 0 Å². The molecule has 4 heterocycles. The van der Waals surface area contributed by atoms with Crippen LogP contribution in [0.5, 0.6) is 0 Å². The number of rotatable bonds is 1. The van der Waals surface area contributed by atoms with Crippen molar-refractivity contribution < 1.29 is 13.3 Å². The van der Waals surface area contributed by atoms with E-state index in [1.165, 1.54) is 0 Å². The van der Waals surface area contributed by atoms with Crippen LogP contribution in [0, 0.1) is 0 Å². The lowest BCUT2D eigenvalue weighted by atomic mass is 10.1. The number of para-hydroxylation sites is 3. The monoisotopic (exact) mass is 413 g/mol. The van der Waals surface area contributed by atoms with Crippen LogP contribution in [-0.2, 0) is 0 Å². The Morgan fingerprint density at radius 3 is 2.06 bits per heavy atom. The van der Waals surface area contributed by atoms with Crippen molar-refractivity contribution in [1.82, 2.24) is 4.57 Å². The summed E-state index contributed by atoms with van der Waals surface area (Å²) < 4.78 is 20.6. The minimum absolute atomic E-state index is 0.561. The first-order valence-corrected chi connectivity index (χ1v) is 10.6. The molecule has 0 amide bonds. The van der Waals surface area contributed by atoms with Crippen LogP contribution in [0.2, 0.25) is 0 Å². The fourth-order valence-electron chi connectivity index (χ4n) is 5.08. The average Bonchev–Trinajstić information content (AvgIpc) is 3.55. The maximum absolute atomic E-state index is 6.36. The number of benzene rings is 4. The molecule has 0 fully saturated rings. The summed E-state index contributed by atoms with van der Waals surface area (Å²) in [5.41, 5.74) is 5.52. The lowest BCUT2D eigenvalue weighted by molar-refractivity contribution is 0.516. The summed E-state index contributed by atoms with van der Waals surface area (Å²) in [5.74, 6) is 0.561. The van der Waals surface area contributed by atoms with Gasteiger partial charge in [0.15, 0.2) is 0 Å². The molecule has 4 nitrogen and oxygen atoms in total. The summed E-state index contributed by atoms with van der Waals surface area (Å²) in [5, 5.41) is 6.52. The van der Waals surface area contributed by atoms with E-state index < -0.39 is 0 Å². The fraction of sp³-hybridized carbons (Fsp3) is 0. The summed E-state index contributed by atoms with van der Waals surface area (Å²) in [6, 6.07) is 30.9. The second-order valence-corrected chi connectivity index (χ2v) is 8.17. The molecule has 0 unspecified atom stereocenters. The van der Waals surface area contributed by atoms with Crippen molar-refractivity contribution in [3.05, 3.63) is 91.0 Å². The number of nitrogens with zero attached hydrogens (tertiary/aromatic N) is 1. The van der Waals surface area contributed by atoms with Gasteiger partial charge >= 0.3 is 5.78 Å². The normalized spacial score (nSPS) is 12.4. The van der Waals surface area contributed by atoms with Crippen molar-refractivity contribution in [2.24, 2.45) is 0 Å². The predicted octanol–water partition coefficient (Wildman–Crippen LogP) is 8.18. The van der Waals surface area contributed by atoms with E-state index in [1.807, 2.05) is 42.5 Å². The van der Waals surface area contributed by atoms with Gasteiger partial charge < -0.3 is 13.3 Å². The molecule has 8 rings (SSSR count). The van der Waals surface area contributed by atoms with E-state index in [0.717, 1.165) is 66.0 Å². The Balaban J connectivity index is 1.54. The maximum Gasteiger partial charge on any atom is 0.300 e. The third-order valence-electron chi connectivity index (χ3n) is 6.45. The summed E-state index contributed by atoms with van der Waals surface area (Å²) in [6.45, 7) is 0. The number of furan rings is 3. The molecule has 32 heavy (non-hydrogen) atoms. The zero-order chi connectivity index (χ0) is 20.8. The molecule has 0 aliphatic rings. The van der Waals surface area contributed by atoms with Crippen molar-refractivity contribution in [3.63, 3.8) is 0 Å². The zero-order valence-electron chi connectivity index (χ0n) is 16.8. The van der Waals surface area contributed by atoms with Gasteiger partial charge in [-0.3, -0.25) is 4.57 Å². The Hall–Kier alpha value is -4.44. The predicted molar refractivity (Wildman–Crippen MR) is 128 cm³/mol. The molecule has 0 aliphatic heterocycles. The van der Waals surface area contributed by atoms with Gasteiger partial charge in [-0.25, -0.2) is 0 Å². The van der Waals surface area contributed by atoms with Crippen LogP contribution >= 0.6 is 0 Å². The van der Waals surface area contributed by atoms with Crippen LogP contribution in [-0.4, -0.2) is 4.57 Å². The van der Waals surface area contributed by atoms with Gasteiger partial charge in [-0.05, 0) is 36.4 Å². The SMILES string of the molecule is c1ccc2c(c1)oc1ccc(-n3c4ccccc4c4c5c(oc6ccccc65)oc43)cc12. The molecule has 8 aromatic rings. The first-order chi connectivity index (χ1) is 15.9. The molecule has 0 aliphatic carbocycles. The highest BCUT2D eigenvalue weighted by molar-refractivity contribution is 6.26. The molecular weight excluding hydrogens is 398 g/mol. The van der Waals surface area contributed by atoms with Crippen LogP contribution in [0.25, 0.3) is 71.8 Å². The van der Waals surface area contributed by atoms with Crippen LogP contribution in [0.3, 0.4) is 0 Å². The first-order valence-electron chi connectivity index (χ1n) is 10.6. The highest BCUT2D eigenvalue weighted by Crippen LogP contribution is 2.43. The van der Waals surface area contributed by atoms with Crippen molar-refractivity contribution >= 4 is 66.1 Å². The smallest absolute Gasteiger partial charge is 0.300 e. The van der Waals surface area contributed by atoms with E-state index >= 15 is 0 Å². The lowest BCUT2D eigenvalue weighted by Crippen LogP contribution is -1.92. The zero-order valence-corrected chi connectivity index (χ0v) is 16.8. The van der Waals surface area contributed by atoms with E-state index in [1.54, 1.807) is 0 Å². The Labute approximate surface area is 180 Å². The van der Waals surface area contributed by atoms with Gasteiger partial charge in [0.25, 0.3) is 0 Å². The molecule has 150 valence electrons. The average molecular weight is 413 g/mol. The van der Waals surface area contributed by atoms with Gasteiger partial charge in [0.2, 0.25) is 5.71 Å². The highest BCUT2D eigenvalue weighted by Gasteiger charge is 2.23. The number of hydrogen-bond acceptors (Lipinski definition) is 3. The van der Waals surface area contributed by atoms with Crippen LogP contribution in [0.4, 0.5) is 0 Å².